The van der Waals surface area contributed by atoms with Crippen molar-refractivity contribution in [2.24, 2.45) is 0 Å². The molecule has 1 fully saturated rings. The van der Waals surface area contributed by atoms with Gasteiger partial charge in [0.1, 0.15) is 11.5 Å². The van der Waals surface area contributed by atoms with Crippen LogP contribution in [0.5, 0.6) is 5.75 Å². The molecule has 0 radical (unpaired) electrons. The van der Waals surface area contributed by atoms with Crippen LogP contribution in [0.3, 0.4) is 0 Å². The van der Waals surface area contributed by atoms with Crippen molar-refractivity contribution in [3.8, 4) is 5.75 Å². The Kier molecular flexibility index (Phi) is 6.57. The summed E-state index contributed by atoms with van der Waals surface area (Å²) in [6.07, 6.45) is 0. The molecule has 7 heteroatoms. The van der Waals surface area contributed by atoms with Crippen molar-refractivity contribution >= 4 is 44.1 Å². The fourth-order valence-electron chi connectivity index (χ4n) is 4.66. The Morgan fingerprint density at radius 2 is 1.71 bits per heavy atom. The monoisotopic (exact) mass is 526 g/mol. The number of hydrogen-bond acceptors (Lipinski definition) is 6. The minimum atomic E-state index is -0.822. The Labute approximate surface area is 226 Å². The van der Waals surface area contributed by atoms with Gasteiger partial charge in [0.15, 0.2) is 5.13 Å². The quantitative estimate of drug-likeness (QED) is 0.173. The minimum absolute atomic E-state index is 0.0399. The second-order valence-corrected chi connectivity index (χ2v) is 11.5. The molecule has 1 amide bonds. The minimum Gasteiger partial charge on any atom is -0.507 e. The van der Waals surface area contributed by atoms with Gasteiger partial charge in [-0.2, -0.15) is 0 Å². The first-order valence-corrected chi connectivity index (χ1v) is 13.4. The van der Waals surface area contributed by atoms with Crippen molar-refractivity contribution in [1.29, 1.82) is 0 Å². The van der Waals surface area contributed by atoms with Crippen LogP contribution in [0.25, 0.3) is 16.0 Å². The number of carbonyl (C=O) groups is 2. The zero-order valence-electron chi connectivity index (χ0n) is 22.1. The second-order valence-electron chi connectivity index (χ2n) is 10.5. The van der Waals surface area contributed by atoms with Crippen LogP contribution in [0, 0.1) is 6.92 Å². The molecule has 1 saturated heterocycles. The normalized spacial score (nSPS) is 17.4. The Morgan fingerprint density at radius 3 is 2.34 bits per heavy atom. The molecule has 0 unspecified atom stereocenters. The molecule has 38 heavy (non-hydrogen) atoms. The van der Waals surface area contributed by atoms with Gasteiger partial charge in [0.05, 0.1) is 28.4 Å². The van der Waals surface area contributed by atoms with Gasteiger partial charge in [-0.15, -0.1) is 0 Å². The molecule has 0 bridgehead atoms. The van der Waals surface area contributed by atoms with E-state index in [4.69, 9.17) is 9.72 Å². The number of aliphatic hydroxyl groups excluding tert-OH is 1. The summed E-state index contributed by atoms with van der Waals surface area (Å²) in [4.78, 5) is 33.1. The summed E-state index contributed by atoms with van der Waals surface area (Å²) in [7, 11) is 0. The lowest BCUT2D eigenvalue weighted by Gasteiger charge is -2.24. The van der Waals surface area contributed by atoms with Crippen LogP contribution in [-0.4, -0.2) is 28.4 Å². The van der Waals surface area contributed by atoms with Crippen molar-refractivity contribution in [3.05, 3.63) is 94.6 Å². The molecule has 194 valence electrons. The first kappa shape index (κ1) is 25.7. The first-order chi connectivity index (χ1) is 18.1. The van der Waals surface area contributed by atoms with Gasteiger partial charge >= 0.3 is 5.91 Å². The molecule has 6 nitrogen and oxygen atoms in total. The highest BCUT2D eigenvalue weighted by molar-refractivity contribution is 7.22. The molecule has 2 heterocycles. The molecule has 1 N–H and O–H groups in total. The van der Waals surface area contributed by atoms with Gasteiger partial charge < -0.3 is 9.84 Å². The Morgan fingerprint density at radius 1 is 1.03 bits per heavy atom. The number of hydrogen-bond donors (Lipinski definition) is 1. The maximum atomic E-state index is 13.5. The van der Waals surface area contributed by atoms with Crippen LogP contribution in [0.15, 0.2) is 72.3 Å². The van der Waals surface area contributed by atoms with Gasteiger partial charge in [0.25, 0.3) is 5.78 Å². The fraction of sp³-hybridized carbons (Fsp3) is 0.258. The Balaban J connectivity index is 1.68. The van der Waals surface area contributed by atoms with Gasteiger partial charge in [-0.3, -0.25) is 14.5 Å². The Bertz CT molecular complexity index is 1560. The summed E-state index contributed by atoms with van der Waals surface area (Å²) in [5, 5.41) is 11.8. The van der Waals surface area contributed by atoms with Crippen LogP contribution in [-0.2, 0) is 15.0 Å². The number of Topliss-reactive ketones (excluding diaryl/α,β-unsaturated/α-hetero) is 1. The number of carbonyl (C=O) groups excluding carboxylic acids is 2. The van der Waals surface area contributed by atoms with Crippen molar-refractivity contribution in [2.75, 3.05) is 11.5 Å². The van der Waals surface area contributed by atoms with E-state index in [0.29, 0.717) is 23.1 Å². The average Bonchev–Trinajstić information content (AvgIpc) is 3.41. The molecule has 1 aliphatic heterocycles. The van der Waals surface area contributed by atoms with E-state index in [1.165, 1.54) is 16.2 Å². The summed E-state index contributed by atoms with van der Waals surface area (Å²) in [6.45, 7) is 10.8. The number of rotatable bonds is 5. The van der Waals surface area contributed by atoms with Crippen LogP contribution in [0.1, 0.15) is 56.0 Å². The van der Waals surface area contributed by atoms with Gasteiger partial charge in [0, 0.05) is 5.56 Å². The number of aromatic nitrogens is 1. The Hall–Kier alpha value is -3.97. The lowest BCUT2D eigenvalue weighted by molar-refractivity contribution is -0.132. The van der Waals surface area contributed by atoms with E-state index in [1.807, 2.05) is 56.3 Å². The van der Waals surface area contributed by atoms with E-state index in [-0.39, 0.29) is 16.7 Å². The van der Waals surface area contributed by atoms with Crippen molar-refractivity contribution in [1.82, 2.24) is 4.98 Å². The smallest absolute Gasteiger partial charge is 0.301 e. The number of thiazole rings is 1. The van der Waals surface area contributed by atoms with E-state index in [1.54, 1.807) is 24.3 Å². The van der Waals surface area contributed by atoms with E-state index in [2.05, 4.69) is 20.8 Å². The zero-order valence-corrected chi connectivity index (χ0v) is 22.9. The van der Waals surface area contributed by atoms with E-state index in [9.17, 15) is 14.7 Å². The van der Waals surface area contributed by atoms with Crippen LogP contribution in [0.2, 0.25) is 0 Å². The molecule has 1 atom stereocenters. The largest absolute Gasteiger partial charge is 0.507 e. The average molecular weight is 527 g/mol. The molecule has 0 spiro atoms. The molecule has 4 aromatic rings. The van der Waals surface area contributed by atoms with Crippen molar-refractivity contribution < 1.29 is 19.4 Å². The maximum absolute atomic E-state index is 13.5. The molecule has 3 aromatic carbocycles. The SMILES string of the molecule is CCOc1ccc(/C(O)=C2\C(=O)C(=O)N(c3nc4ccc(C)cc4s3)[C@@H]2c2ccc(C(C)(C)C)cc2)cc1. The number of aryl methyl sites for hydroxylation is 1. The molecule has 0 saturated carbocycles. The number of ketones is 1. The highest BCUT2D eigenvalue weighted by atomic mass is 32.1. The van der Waals surface area contributed by atoms with Gasteiger partial charge in [0.2, 0.25) is 0 Å². The second kappa shape index (κ2) is 9.72. The number of benzene rings is 3. The highest BCUT2D eigenvalue weighted by Crippen LogP contribution is 2.44. The fourth-order valence-corrected chi connectivity index (χ4v) is 5.75. The summed E-state index contributed by atoms with van der Waals surface area (Å²) < 4.78 is 6.44. The van der Waals surface area contributed by atoms with E-state index in [0.717, 1.165) is 26.9 Å². The summed E-state index contributed by atoms with van der Waals surface area (Å²) >= 11 is 1.36. The molecule has 1 aliphatic rings. The van der Waals surface area contributed by atoms with Crippen LogP contribution in [0.4, 0.5) is 5.13 Å². The summed E-state index contributed by atoms with van der Waals surface area (Å²) in [6, 6.07) is 19.8. The topological polar surface area (TPSA) is 79.7 Å². The lowest BCUT2D eigenvalue weighted by Crippen LogP contribution is -2.29. The molecular formula is C31H30N2O4S. The molecular weight excluding hydrogens is 496 g/mol. The maximum Gasteiger partial charge on any atom is 0.301 e. The number of fused-ring (bicyclic) bond motifs is 1. The molecule has 1 aromatic heterocycles. The van der Waals surface area contributed by atoms with E-state index >= 15 is 0 Å². The van der Waals surface area contributed by atoms with Crippen LogP contribution < -0.4 is 9.64 Å². The van der Waals surface area contributed by atoms with Gasteiger partial charge in [-0.25, -0.2) is 4.98 Å². The standard InChI is InChI=1S/C31H30N2O4S/c1-6-37-22-14-10-20(11-15-22)27(34)25-26(19-8-12-21(13-9-19)31(3,4)5)33(29(36)28(25)35)30-32-23-16-7-18(2)17-24(23)38-30/h7-17,26,34H,6H2,1-5H3/b27-25+/t26-/m1/s1. The third kappa shape index (κ3) is 4.58. The number of ether oxygens (including phenoxy) is 1. The first-order valence-electron chi connectivity index (χ1n) is 12.6. The summed E-state index contributed by atoms with van der Waals surface area (Å²) in [5.41, 5.74) is 4.10. The lowest BCUT2D eigenvalue weighted by atomic mass is 9.85. The third-order valence-electron chi connectivity index (χ3n) is 6.71. The van der Waals surface area contributed by atoms with Gasteiger partial charge in [-0.1, -0.05) is 62.4 Å². The molecule has 5 rings (SSSR count). The predicted octanol–water partition coefficient (Wildman–Crippen LogP) is 6.93. The number of aliphatic hydroxyl groups is 1. The van der Waals surface area contributed by atoms with Crippen molar-refractivity contribution in [2.45, 2.75) is 46.1 Å². The number of anilines is 1. The third-order valence-corrected chi connectivity index (χ3v) is 7.73. The highest BCUT2D eigenvalue weighted by Gasteiger charge is 2.48. The predicted molar refractivity (Wildman–Crippen MR) is 152 cm³/mol. The number of amides is 1. The van der Waals surface area contributed by atoms with Crippen LogP contribution >= 0.6 is 11.3 Å². The summed E-state index contributed by atoms with van der Waals surface area (Å²) in [5.74, 6) is -1.02. The number of nitrogens with zero attached hydrogens (tertiary/aromatic N) is 2. The molecule has 0 aliphatic carbocycles. The van der Waals surface area contributed by atoms with Gasteiger partial charge in [-0.05, 0) is 72.4 Å². The van der Waals surface area contributed by atoms with Crippen molar-refractivity contribution in [3.63, 3.8) is 0 Å². The zero-order chi connectivity index (χ0) is 27.2. The van der Waals surface area contributed by atoms with E-state index < -0.39 is 17.7 Å².